The lowest BCUT2D eigenvalue weighted by atomic mass is 9.81. The van der Waals surface area contributed by atoms with Crippen LogP contribution in [0.15, 0.2) is 177 Å². The van der Waals surface area contributed by atoms with Crippen LogP contribution in [-0.4, -0.2) is 64.2 Å². The highest BCUT2D eigenvalue weighted by Gasteiger charge is 2.28. The van der Waals surface area contributed by atoms with E-state index in [0.29, 0.717) is 0 Å². The number of nitrogens with zero attached hydrogens (tertiary/aromatic N) is 3. The summed E-state index contributed by atoms with van der Waals surface area (Å²) in [4.78, 5) is 19.4. The van der Waals surface area contributed by atoms with Gasteiger partial charge in [-0.2, -0.15) is 0 Å². The van der Waals surface area contributed by atoms with Crippen molar-refractivity contribution in [1.82, 2.24) is 24.9 Å². The lowest BCUT2D eigenvalue weighted by molar-refractivity contribution is 0.579. The third-order valence-electron chi connectivity index (χ3n) is 20.7. The fourth-order valence-electron chi connectivity index (χ4n) is 15.2. The van der Waals surface area contributed by atoms with Crippen molar-refractivity contribution in [2.75, 3.05) is 71.2 Å². The zero-order valence-corrected chi connectivity index (χ0v) is 70.6. The molecule has 5 aliphatic heterocycles. The highest BCUT2D eigenvalue weighted by atomic mass is 15.0. The predicted molar refractivity (Wildman–Crippen MR) is 471 cm³/mol. The summed E-state index contributed by atoms with van der Waals surface area (Å²) < 4.78 is 0. The van der Waals surface area contributed by atoms with Gasteiger partial charge in [0.25, 0.3) is 0 Å². The van der Waals surface area contributed by atoms with E-state index in [1.54, 1.807) is 18.7 Å². The van der Waals surface area contributed by atoms with Crippen LogP contribution in [0.1, 0.15) is 246 Å². The van der Waals surface area contributed by atoms with E-state index < -0.39 is 0 Å². The molecule has 0 amide bonds. The molecule has 8 N–H and O–H groups in total. The number of aromatic amines is 2. The molecule has 11 heteroatoms. The van der Waals surface area contributed by atoms with Crippen molar-refractivity contribution in [3.05, 3.63) is 243 Å². The zero-order chi connectivity index (χ0) is 78.6. The molecule has 0 saturated carbocycles. The largest absolute Gasteiger partial charge is 0.385 e. The van der Waals surface area contributed by atoms with Gasteiger partial charge in [0, 0.05) is 91.5 Å². The molecule has 5 aliphatic rings. The Morgan fingerprint density at radius 2 is 0.657 bits per heavy atom. The smallest absolute Gasteiger partial charge is 0.0931 e. The van der Waals surface area contributed by atoms with E-state index in [1.165, 1.54) is 150 Å². The standard InChI is InChI=1S/2C13H19N.C12H18N2.C12H14N2.C12H17N.C12H15N.C12H17N.C11H14N2/c1-13(2,3)11-7-4-8-12-10(11)6-5-9-14-12;1-13(2,3)11-8-4-6-10-7-5-9-14-12(10)11;2*1-12(2,3)9-5-4-6-10-11(9)14-8-7-13-10;2*1-12(2,3)10-5-4-6-11-9(10)7-8-13-11;1-12(2,3)10-6-4-5-9-7-8-13-11(9)10;1-11(2,3)8-5-4-6-9-10(8)13-7-12-9/h4,7-8,14H,5-6,9H2,1-3H3;4,6,8,14H,5,7,9H2,1-3H3;4-6,13-14H,7-8H2,1-3H3;4-8H,1-3H3;4-6,13H,7-8H2,1-3H3;4-8,13H,1-3H3;4-6,13H,7-8H2,1-3H3;4-7H,1-3H3,(H,12,13). The van der Waals surface area contributed by atoms with Crippen LogP contribution in [0.5, 0.6) is 0 Å². The summed E-state index contributed by atoms with van der Waals surface area (Å²) in [6.07, 6.45) is 14.6. The average molecular weight is 1450 g/mol. The van der Waals surface area contributed by atoms with E-state index in [1.807, 2.05) is 18.3 Å². The molecule has 108 heavy (non-hydrogen) atoms. The number of nitrogens with one attached hydrogen (secondary N) is 8. The van der Waals surface area contributed by atoms with Crippen molar-refractivity contribution in [1.29, 1.82) is 0 Å². The maximum absolute atomic E-state index is 4.39. The SMILES string of the molecule is CC(C)(C)c1cccc2[nH]ccc12.CC(C)(C)c1cccc2[nH]cnc12.CC(C)(C)c1cccc2c1CCCN2.CC(C)(C)c1cccc2c1CCN2.CC(C)(C)c1cccc2c1NCC2.CC(C)(C)c1cccc2c1NCCC2.CC(C)(C)c1cccc2c1NCCN2.CC(C)(C)c1cccc2nccnc12. The van der Waals surface area contributed by atoms with Crippen LogP contribution < -0.4 is 31.9 Å². The van der Waals surface area contributed by atoms with Crippen molar-refractivity contribution >= 4 is 67.1 Å². The number of hydrogen-bond donors (Lipinski definition) is 8. The highest BCUT2D eigenvalue weighted by Crippen LogP contribution is 2.40. The number of aromatic nitrogens is 5. The summed E-state index contributed by atoms with van der Waals surface area (Å²) >= 11 is 0. The molecule has 0 bridgehead atoms. The monoisotopic (exact) mass is 1450 g/mol. The molecule has 0 spiro atoms. The van der Waals surface area contributed by atoms with Crippen molar-refractivity contribution in [2.24, 2.45) is 0 Å². The Balaban J connectivity index is 0.000000142. The van der Waals surface area contributed by atoms with Gasteiger partial charge in [-0.25, -0.2) is 4.98 Å². The summed E-state index contributed by atoms with van der Waals surface area (Å²) in [5.41, 5.74) is 32.4. The van der Waals surface area contributed by atoms with Gasteiger partial charge in [-0.1, -0.05) is 275 Å². The topological polar surface area (TPSA) is 142 Å². The number of rotatable bonds is 0. The number of para-hydroxylation sites is 5. The Morgan fingerprint density at radius 3 is 1.23 bits per heavy atom. The zero-order valence-electron chi connectivity index (χ0n) is 70.6. The van der Waals surface area contributed by atoms with Crippen LogP contribution in [0.4, 0.5) is 34.1 Å². The molecule has 0 unspecified atom stereocenters. The maximum atomic E-state index is 4.39. The van der Waals surface area contributed by atoms with Crippen LogP contribution in [-0.2, 0) is 69.0 Å². The Morgan fingerprint density at radius 1 is 0.269 bits per heavy atom. The number of imidazole rings is 1. The maximum Gasteiger partial charge on any atom is 0.0931 e. The van der Waals surface area contributed by atoms with Gasteiger partial charge in [0.15, 0.2) is 0 Å². The lowest BCUT2D eigenvalue weighted by Crippen LogP contribution is -2.24. The molecule has 0 radical (unpaired) electrons. The molecule has 11 aromatic rings. The highest BCUT2D eigenvalue weighted by molar-refractivity contribution is 5.84. The minimum Gasteiger partial charge on any atom is -0.385 e. The molecule has 0 aliphatic carbocycles. The summed E-state index contributed by atoms with van der Waals surface area (Å²) in [5.74, 6) is 0. The fourth-order valence-corrected chi connectivity index (χ4v) is 15.2. The first-order valence-corrected chi connectivity index (χ1v) is 40.0. The molecule has 576 valence electrons. The van der Waals surface area contributed by atoms with E-state index in [-0.39, 0.29) is 43.3 Å². The van der Waals surface area contributed by atoms with Crippen LogP contribution in [0.2, 0.25) is 0 Å². The molecule has 8 aromatic carbocycles. The van der Waals surface area contributed by atoms with Gasteiger partial charge >= 0.3 is 0 Å². The molecular weight excluding hydrogens is 1320 g/mol. The molecular formula is C97H133N11. The Hall–Kier alpha value is -9.09. The Labute approximate surface area is 650 Å². The van der Waals surface area contributed by atoms with E-state index in [4.69, 9.17) is 0 Å². The summed E-state index contributed by atoms with van der Waals surface area (Å²) in [6.45, 7) is 60.5. The molecule has 11 nitrogen and oxygen atoms in total. The summed E-state index contributed by atoms with van der Waals surface area (Å²) in [7, 11) is 0. The first-order chi connectivity index (χ1) is 50.7. The third kappa shape index (κ3) is 21.7. The van der Waals surface area contributed by atoms with Gasteiger partial charge in [-0.3, -0.25) is 9.97 Å². The number of hydrogen-bond acceptors (Lipinski definition) is 9. The van der Waals surface area contributed by atoms with Gasteiger partial charge in [-0.05, 0) is 191 Å². The van der Waals surface area contributed by atoms with E-state index in [0.717, 1.165) is 61.3 Å². The Bertz CT molecular complexity index is 4410. The lowest BCUT2D eigenvalue weighted by Gasteiger charge is -2.28. The van der Waals surface area contributed by atoms with Crippen LogP contribution >= 0.6 is 0 Å². The minimum atomic E-state index is 0.121. The molecule has 0 atom stereocenters. The quantitative estimate of drug-likeness (QED) is 0.0745. The van der Waals surface area contributed by atoms with Crippen molar-refractivity contribution in [3.8, 4) is 0 Å². The van der Waals surface area contributed by atoms with Crippen LogP contribution in [0, 0.1) is 0 Å². The molecule has 0 saturated heterocycles. The van der Waals surface area contributed by atoms with Gasteiger partial charge in [0.1, 0.15) is 0 Å². The van der Waals surface area contributed by atoms with Gasteiger partial charge in [-0.15, -0.1) is 0 Å². The second kappa shape index (κ2) is 34.6. The normalized spacial score (nSPS) is 14.3. The molecule has 0 fully saturated rings. The Kier molecular flexibility index (Phi) is 26.6. The van der Waals surface area contributed by atoms with Crippen LogP contribution in [0.3, 0.4) is 0 Å². The first kappa shape index (κ1) is 83.0. The van der Waals surface area contributed by atoms with Crippen molar-refractivity contribution in [2.45, 2.75) is 248 Å². The minimum absolute atomic E-state index is 0.121. The average Bonchev–Trinajstić information content (AvgIpc) is 1.66. The van der Waals surface area contributed by atoms with E-state index in [9.17, 15) is 0 Å². The second-order valence-corrected chi connectivity index (χ2v) is 37.9. The predicted octanol–water partition coefficient (Wildman–Crippen LogP) is 24.7. The molecule has 3 aromatic heterocycles. The van der Waals surface area contributed by atoms with Crippen LogP contribution in [0.25, 0.3) is 33.0 Å². The van der Waals surface area contributed by atoms with Crippen molar-refractivity contribution < 1.29 is 0 Å². The van der Waals surface area contributed by atoms with Crippen molar-refractivity contribution in [3.63, 3.8) is 0 Å². The number of H-pyrrole nitrogens is 2. The number of aryl methyl sites for hydroxylation is 1. The number of benzene rings is 8. The van der Waals surface area contributed by atoms with E-state index in [2.05, 4.69) is 363 Å². The second-order valence-electron chi connectivity index (χ2n) is 37.9. The van der Waals surface area contributed by atoms with Gasteiger partial charge < -0.3 is 41.9 Å². The summed E-state index contributed by atoms with van der Waals surface area (Å²) in [5, 5.41) is 22.1. The third-order valence-corrected chi connectivity index (χ3v) is 20.7. The molecule has 8 heterocycles. The fraction of sp³-hybridized carbons (Fsp3) is 0.454. The van der Waals surface area contributed by atoms with E-state index >= 15 is 0 Å². The molecule has 16 rings (SSSR count). The van der Waals surface area contributed by atoms with Gasteiger partial charge in [0.05, 0.1) is 39.8 Å². The number of anilines is 6. The summed E-state index contributed by atoms with van der Waals surface area (Å²) in [6, 6.07) is 54.0. The van der Waals surface area contributed by atoms with Gasteiger partial charge in [0.2, 0.25) is 0 Å². The number of fused-ring (bicyclic) bond motifs is 8. The first-order valence-electron chi connectivity index (χ1n) is 40.0.